The van der Waals surface area contributed by atoms with Gasteiger partial charge in [0.2, 0.25) is 0 Å². The Kier molecular flexibility index (Phi) is 5.07. The predicted octanol–water partition coefficient (Wildman–Crippen LogP) is 2.05. The first-order valence-electron chi connectivity index (χ1n) is 7.54. The normalized spacial score (nSPS) is 21.4. The molecule has 1 saturated heterocycles. The van der Waals surface area contributed by atoms with E-state index < -0.39 is 0 Å². The van der Waals surface area contributed by atoms with Gasteiger partial charge in [0.15, 0.2) is 11.5 Å². The highest BCUT2D eigenvalue weighted by Gasteiger charge is 2.32. The molecule has 1 aromatic carbocycles. The highest BCUT2D eigenvalue weighted by Crippen LogP contribution is 2.30. The number of benzene rings is 1. The van der Waals surface area contributed by atoms with Crippen molar-refractivity contribution in [1.29, 1.82) is 0 Å². The van der Waals surface area contributed by atoms with Gasteiger partial charge in [0.1, 0.15) is 0 Å². The summed E-state index contributed by atoms with van der Waals surface area (Å²) in [6.45, 7) is 7.62. The minimum absolute atomic E-state index is 0.000508. The molecule has 0 spiro atoms. The van der Waals surface area contributed by atoms with Crippen LogP contribution in [0.25, 0.3) is 0 Å². The van der Waals surface area contributed by atoms with Gasteiger partial charge in [-0.25, -0.2) is 0 Å². The van der Waals surface area contributed by atoms with E-state index in [1.807, 2.05) is 25.7 Å². The Morgan fingerprint density at radius 1 is 1.29 bits per heavy atom. The van der Waals surface area contributed by atoms with Crippen molar-refractivity contribution in [2.45, 2.75) is 39.3 Å². The van der Waals surface area contributed by atoms with Crippen molar-refractivity contribution in [2.24, 2.45) is 5.73 Å². The van der Waals surface area contributed by atoms with Gasteiger partial charge in [0.05, 0.1) is 13.2 Å². The van der Waals surface area contributed by atoms with Crippen molar-refractivity contribution in [3.8, 4) is 11.5 Å². The van der Waals surface area contributed by atoms with Crippen LogP contribution in [0.5, 0.6) is 11.5 Å². The van der Waals surface area contributed by atoms with Crippen LogP contribution in [0.3, 0.4) is 0 Å². The monoisotopic (exact) mass is 292 g/mol. The summed E-state index contributed by atoms with van der Waals surface area (Å²) in [7, 11) is 0. The van der Waals surface area contributed by atoms with Crippen molar-refractivity contribution >= 4 is 5.91 Å². The molecule has 1 aliphatic rings. The summed E-state index contributed by atoms with van der Waals surface area (Å²) >= 11 is 0. The fraction of sp³-hybridized carbons (Fsp3) is 0.562. The van der Waals surface area contributed by atoms with Crippen LogP contribution in [0.4, 0.5) is 0 Å². The molecule has 0 radical (unpaired) electrons. The maximum absolute atomic E-state index is 12.6. The van der Waals surface area contributed by atoms with Crippen molar-refractivity contribution in [3.05, 3.63) is 23.8 Å². The lowest BCUT2D eigenvalue weighted by Crippen LogP contribution is -2.40. The van der Waals surface area contributed by atoms with Gasteiger partial charge in [-0.2, -0.15) is 0 Å². The number of hydrogen-bond donors (Lipinski definition) is 1. The summed E-state index contributed by atoms with van der Waals surface area (Å²) in [5.74, 6) is 1.28. The third-order valence-electron chi connectivity index (χ3n) is 3.87. The number of likely N-dealkylation sites (tertiary alicyclic amines) is 1. The zero-order chi connectivity index (χ0) is 15.4. The molecule has 21 heavy (non-hydrogen) atoms. The topological polar surface area (TPSA) is 64.8 Å². The molecule has 1 heterocycles. The Balaban J connectivity index is 2.23. The van der Waals surface area contributed by atoms with Crippen LogP contribution in [0, 0.1) is 0 Å². The average Bonchev–Trinajstić information content (AvgIpc) is 2.81. The van der Waals surface area contributed by atoms with E-state index in [2.05, 4.69) is 0 Å². The zero-order valence-corrected chi connectivity index (χ0v) is 13.0. The van der Waals surface area contributed by atoms with Gasteiger partial charge >= 0.3 is 0 Å². The lowest BCUT2D eigenvalue weighted by atomic mass is 10.1. The summed E-state index contributed by atoms with van der Waals surface area (Å²) in [6.07, 6.45) is 0.849. The molecule has 5 heteroatoms. The second-order valence-corrected chi connectivity index (χ2v) is 5.22. The van der Waals surface area contributed by atoms with Crippen LogP contribution >= 0.6 is 0 Å². The standard InChI is InChI=1S/C16H24N2O3/c1-4-20-14-7-6-12(10-15(14)21-5-2)16(19)18-9-8-13(17)11(18)3/h6-7,10-11,13H,4-5,8-9,17H2,1-3H3. The second kappa shape index (κ2) is 6.80. The summed E-state index contributed by atoms with van der Waals surface area (Å²) in [5, 5.41) is 0. The molecular formula is C16H24N2O3. The molecule has 2 N–H and O–H groups in total. The number of carbonyl (C=O) groups excluding carboxylic acids is 1. The largest absolute Gasteiger partial charge is 0.490 e. The van der Waals surface area contributed by atoms with Crippen molar-refractivity contribution in [1.82, 2.24) is 4.90 Å². The van der Waals surface area contributed by atoms with E-state index in [0.29, 0.717) is 36.8 Å². The molecule has 1 amide bonds. The predicted molar refractivity (Wildman–Crippen MR) is 81.9 cm³/mol. The minimum atomic E-state index is -0.000508. The molecule has 2 rings (SSSR count). The lowest BCUT2D eigenvalue weighted by molar-refractivity contribution is 0.0742. The van der Waals surface area contributed by atoms with Crippen LogP contribution in [0.2, 0.25) is 0 Å². The van der Waals surface area contributed by atoms with Gasteiger partial charge in [0, 0.05) is 24.2 Å². The highest BCUT2D eigenvalue weighted by atomic mass is 16.5. The number of ether oxygens (including phenoxy) is 2. The van der Waals surface area contributed by atoms with Crippen LogP contribution in [0.15, 0.2) is 18.2 Å². The van der Waals surface area contributed by atoms with Crippen LogP contribution in [-0.4, -0.2) is 42.6 Å². The van der Waals surface area contributed by atoms with Gasteiger partial charge in [0.25, 0.3) is 5.91 Å². The van der Waals surface area contributed by atoms with Crippen LogP contribution in [0.1, 0.15) is 37.6 Å². The van der Waals surface area contributed by atoms with E-state index >= 15 is 0 Å². The first-order chi connectivity index (χ1) is 10.1. The van der Waals surface area contributed by atoms with Crippen LogP contribution < -0.4 is 15.2 Å². The Morgan fingerprint density at radius 2 is 1.95 bits per heavy atom. The number of rotatable bonds is 5. The van der Waals surface area contributed by atoms with E-state index in [-0.39, 0.29) is 18.0 Å². The maximum atomic E-state index is 12.6. The first-order valence-corrected chi connectivity index (χ1v) is 7.54. The number of nitrogens with zero attached hydrogens (tertiary/aromatic N) is 1. The third-order valence-corrected chi connectivity index (χ3v) is 3.87. The first kappa shape index (κ1) is 15.6. The quantitative estimate of drug-likeness (QED) is 0.902. The van der Waals surface area contributed by atoms with E-state index in [0.717, 1.165) is 6.42 Å². The Morgan fingerprint density at radius 3 is 2.52 bits per heavy atom. The summed E-state index contributed by atoms with van der Waals surface area (Å²) < 4.78 is 11.1. The van der Waals surface area contributed by atoms with Gasteiger partial charge in [-0.05, 0) is 45.4 Å². The zero-order valence-electron chi connectivity index (χ0n) is 13.0. The highest BCUT2D eigenvalue weighted by molar-refractivity contribution is 5.95. The fourth-order valence-electron chi connectivity index (χ4n) is 2.60. The third kappa shape index (κ3) is 3.29. The molecular weight excluding hydrogens is 268 g/mol. The Bertz CT molecular complexity index is 504. The molecule has 1 aliphatic heterocycles. The van der Waals surface area contributed by atoms with Gasteiger partial charge in [-0.15, -0.1) is 0 Å². The van der Waals surface area contributed by atoms with Gasteiger partial charge < -0.3 is 20.1 Å². The number of hydrogen-bond acceptors (Lipinski definition) is 4. The smallest absolute Gasteiger partial charge is 0.254 e. The molecule has 116 valence electrons. The molecule has 1 aromatic rings. The summed E-state index contributed by atoms with van der Waals surface area (Å²) in [6, 6.07) is 5.46. The number of nitrogens with two attached hydrogens (primary N) is 1. The lowest BCUT2D eigenvalue weighted by Gasteiger charge is -2.23. The molecule has 0 aromatic heterocycles. The molecule has 2 unspecified atom stereocenters. The molecule has 0 aliphatic carbocycles. The average molecular weight is 292 g/mol. The maximum Gasteiger partial charge on any atom is 0.254 e. The second-order valence-electron chi connectivity index (χ2n) is 5.22. The van der Waals surface area contributed by atoms with E-state index in [9.17, 15) is 4.79 Å². The molecule has 0 bridgehead atoms. The summed E-state index contributed by atoms with van der Waals surface area (Å²) in [4.78, 5) is 14.4. The SMILES string of the molecule is CCOc1ccc(C(=O)N2CCC(N)C2C)cc1OCC. The van der Waals surface area contributed by atoms with E-state index in [1.165, 1.54) is 0 Å². The molecule has 2 atom stereocenters. The van der Waals surface area contributed by atoms with E-state index in [4.69, 9.17) is 15.2 Å². The minimum Gasteiger partial charge on any atom is -0.490 e. The molecule has 5 nitrogen and oxygen atoms in total. The molecule has 0 saturated carbocycles. The van der Waals surface area contributed by atoms with Gasteiger partial charge in [-0.1, -0.05) is 0 Å². The summed E-state index contributed by atoms with van der Waals surface area (Å²) in [5.41, 5.74) is 6.60. The van der Waals surface area contributed by atoms with E-state index in [1.54, 1.807) is 18.2 Å². The number of carbonyl (C=O) groups is 1. The van der Waals surface area contributed by atoms with Crippen LogP contribution in [-0.2, 0) is 0 Å². The Labute approximate surface area is 126 Å². The molecule has 1 fully saturated rings. The van der Waals surface area contributed by atoms with Crippen molar-refractivity contribution in [3.63, 3.8) is 0 Å². The van der Waals surface area contributed by atoms with Gasteiger partial charge in [-0.3, -0.25) is 4.79 Å². The Hall–Kier alpha value is -1.75. The number of amides is 1. The fourth-order valence-corrected chi connectivity index (χ4v) is 2.60. The van der Waals surface area contributed by atoms with Crippen molar-refractivity contribution < 1.29 is 14.3 Å². The van der Waals surface area contributed by atoms with Crippen molar-refractivity contribution in [2.75, 3.05) is 19.8 Å².